The van der Waals surface area contributed by atoms with E-state index in [0.29, 0.717) is 11.6 Å². The van der Waals surface area contributed by atoms with E-state index in [-0.39, 0.29) is 0 Å². The normalized spacial score (nSPS) is 29.5. The monoisotopic (exact) mass is 252 g/mol. The summed E-state index contributed by atoms with van der Waals surface area (Å²) in [5.41, 5.74) is 0.432. The van der Waals surface area contributed by atoms with Crippen molar-refractivity contribution in [1.82, 2.24) is 10.2 Å². The van der Waals surface area contributed by atoms with Gasteiger partial charge in [0.15, 0.2) is 0 Å². The molecule has 1 saturated carbocycles. The van der Waals surface area contributed by atoms with E-state index in [2.05, 4.69) is 37.9 Å². The van der Waals surface area contributed by atoms with Gasteiger partial charge in [-0.25, -0.2) is 0 Å². The van der Waals surface area contributed by atoms with Gasteiger partial charge in [0.2, 0.25) is 0 Å². The molecule has 0 bridgehead atoms. The van der Waals surface area contributed by atoms with Crippen LogP contribution >= 0.6 is 0 Å². The van der Waals surface area contributed by atoms with E-state index in [9.17, 15) is 0 Å². The molecular formula is C16H32N2. The van der Waals surface area contributed by atoms with Crippen LogP contribution in [-0.2, 0) is 0 Å². The first-order valence-corrected chi connectivity index (χ1v) is 8.09. The molecule has 2 fully saturated rings. The maximum absolute atomic E-state index is 3.81. The third kappa shape index (κ3) is 2.75. The summed E-state index contributed by atoms with van der Waals surface area (Å²) in [5, 5.41) is 3.81. The van der Waals surface area contributed by atoms with Crippen molar-refractivity contribution in [3.8, 4) is 0 Å². The summed E-state index contributed by atoms with van der Waals surface area (Å²) in [6, 6.07) is 0.691. The summed E-state index contributed by atoms with van der Waals surface area (Å²) in [6.45, 7) is 13.2. The van der Waals surface area contributed by atoms with Crippen molar-refractivity contribution in [2.75, 3.05) is 19.6 Å². The smallest absolute Gasteiger partial charge is 0.0329 e. The van der Waals surface area contributed by atoms with Crippen LogP contribution in [0.15, 0.2) is 0 Å². The SMILES string of the molecule is CCC1(CC)CNC(C(C)C)CN1CC1CCC1. The second-order valence-corrected chi connectivity index (χ2v) is 6.86. The van der Waals surface area contributed by atoms with E-state index in [4.69, 9.17) is 0 Å². The van der Waals surface area contributed by atoms with Crippen LogP contribution in [-0.4, -0.2) is 36.1 Å². The Morgan fingerprint density at radius 1 is 1.22 bits per heavy atom. The second kappa shape index (κ2) is 5.92. The fraction of sp³-hybridized carbons (Fsp3) is 1.00. The average molecular weight is 252 g/mol. The van der Waals surface area contributed by atoms with Crippen molar-refractivity contribution >= 4 is 0 Å². The molecule has 2 nitrogen and oxygen atoms in total. The van der Waals surface area contributed by atoms with Crippen molar-refractivity contribution in [3.63, 3.8) is 0 Å². The Kier molecular flexibility index (Phi) is 4.71. The van der Waals surface area contributed by atoms with Crippen LogP contribution in [0.25, 0.3) is 0 Å². The molecule has 1 saturated heterocycles. The maximum Gasteiger partial charge on any atom is 0.0329 e. The van der Waals surface area contributed by atoms with Crippen LogP contribution in [0.2, 0.25) is 0 Å². The summed E-state index contributed by atoms with van der Waals surface area (Å²) < 4.78 is 0. The Morgan fingerprint density at radius 3 is 2.33 bits per heavy atom. The predicted octanol–water partition coefficient (Wildman–Crippen LogP) is 3.28. The molecule has 1 unspecified atom stereocenters. The number of hydrogen-bond donors (Lipinski definition) is 1. The van der Waals surface area contributed by atoms with E-state index in [1.807, 2.05) is 0 Å². The first kappa shape index (κ1) is 14.3. The topological polar surface area (TPSA) is 15.3 Å². The Morgan fingerprint density at radius 2 is 1.89 bits per heavy atom. The molecule has 1 aliphatic heterocycles. The van der Waals surface area contributed by atoms with Crippen LogP contribution in [0, 0.1) is 11.8 Å². The first-order valence-electron chi connectivity index (χ1n) is 8.09. The fourth-order valence-electron chi connectivity index (χ4n) is 3.58. The first-order chi connectivity index (χ1) is 8.61. The lowest BCUT2D eigenvalue weighted by atomic mass is 9.80. The van der Waals surface area contributed by atoms with Gasteiger partial charge in [-0.3, -0.25) is 4.90 Å². The molecule has 106 valence electrons. The number of hydrogen-bond acceptors (Lipinski definition) is 2. The number of rotatable bonds is 5. The molecule has 0 aromatic carbocycles. The van der Waals surface area contributed by atoms with Crippen molar-refractivity contribution < 1.29 is 0 Å². The largest absolute Gasteiger partial charge is 0.311 e. The highest BCUT2D eigenvalue weighted by atomic mass is 15.3. The van der Waals surface area contributed by atoms with Gasteiger partial charge < -0.3 is 5.32 Å². The summed E-state index contributed by atoms with van der Waals surface area (Å²) in [4.78, 5) is 2.85. The minimum absolute atomic E-state index is 0.432. The van der Waals surface area contributed by atoms with E-state index < -0.39 is 0 Å². The average Bonchev–Trinajstić information content (AvgIpc) is 2.33. The Hall–Kier alpha value is -0.0800. The van der Waals surface area contributed by atoms with Gasteiger partial charge in [-0.05, 0) is 37.5 Å². The van der Waals surface area contributed by atoms with Crippen LogP contribution in [0.4, 0.5) is 0 Å². The van der Waals surface area contributed by atoms with Crippen molar-refractivity contribution in [2.45, 2.75) is 71.4 Å². The van der Waals surface area contributed by atoms with Crippen LogP contribution < -0.4 is 5.32 Å². The Balaban J connectivity index is 2.04. The van der Waals surface area contributed by atoms with Crippen LogP contribution in [0.1, 0.15) is 59.8 Å². The van der Waals surface area contributed by atoms with Crippen molar-refractivity contribution in [3.05, 3.63) is 0 Å². The molecule has 0 radical (unpaired) electrons. The summed E-state index contributed by atoms with van der Waals surface area (Å²) in [7, 11) is 0. The van der Waals surface area contributed by atoms with Gasteiger partial charge in [0.25, 0.3) is 0 Å². The van der Waals surface area contributed by atoms with Gasteiger partial charge in [-0.2, -0.15) is 0 Å². The number of piperazine rings is 1. The number of nitrogens with one attached hydrogen (secondary N) is 1. The third-order valence-electron chi connectivity index (χ3n) is 5.61. The highest BCUT2D eigenvalue weighted by Gasteiger charge is 2.40. The van der Waals surface area contributed by atoms with Gasteiger partial charge in [0, 0.05) is 31.2 Å². The molecule has 1 heterocycles. The van der Waals surface area contributed by atoms with Gasteiger partial charge in [-0.1, -0.05) is 34.1 Å². The van der Waals surface area contributed by atoms with E-state index >= 15 is 0 Å². The van der Waals surface area contributed by atoms with Gasteiger partial charge >= 0.3 is 0 Å². The zero-order valence-electron chi connectivity index (χ0n) is 12.8. The molecule has 0 aromatic heterocycles. The number of nitrogens with zero attached hydrogens (tertiary/aromatic N) is 1. The lowest BCUT2D eigenvalue weighted by Gasteiger charge is -2.52. The highest BCUT2D eigenvalue weighted by molar-refractivity contribution is 4.99. The molecule has 0 spiro atoms. The van der Waals surface area contributed by atoms with E-state index in [1.54, 1.807) is 0 Å². The molecule has 2 aliphatic rings. The highest BCUT2D eigenvalue weighted by Crippen LogP contribution is 2.34. The molecule has 1 N–H and O–H groups in total. The van der Waals surface area contributed by atoms with Crippen molar-refractivity contribution in [2.24, 2.45) is 11.8 Å². The molecule has 1 atom stereocenters. The van der Waals surface area contributed by atoms with Gasteiger partial charge in [0.1, 0.15) is 0 Å². The predicted molar refractivity (Wildman–Crippen MR) is 78.9 cm³/mol. The van der Waals surface area contributed by atoms with Crippen LogP contribution in [0.5, 0.6) is 0 Å². The summed E-state index contributed by atoms with van der Waals surface area (Å²) in [5.74, 6) is 1.74. The quantitative estimate of drug-likeness (QED) is 0.808. The van der Waals surface area contributed by atoms with E-state index in [1.165, 1.54) is 51.7 Å². The molecule has 2 heteroatoms. The Labute approximate surface area is 114 Å². The van der Waals surface area contributed by atoms with Gasteiger partial charge in [0.05, 0.1) is 0 Å². The summed E-state index contributed by atoms with van der Waals surface area (Å²) >= 11 is 0. The Bertz CT molecular complexity index is 254. The minimum atomic E-state index is 0.432. The zero-order chi connectivity index (χ0) is 13.2. The molecule has 0 aromatic rings. The second-order valence-electron chi connectivity index (χ2n) is 6.86. The molecule has 2 rings (SSSR count). The standard InChI is InChI=1S/C16H32N2/c1-5-16(6-2)12-17-15(13(3)4)11-18(16)10-14-8-7-9-14/h13-15,17H,5-12H2,1-4H3. The van der Waals surface area contributed by atoms with Gasteiger partial charge in [-0.15, -0.1) is 0 Å². The fourth-order valence-corrected chi connectivity index (χ4v) is 3.58. The molecule has 1 aliphatic carbocycles. The van der Waals surface area contributed by atoms with Crippen molar-refractivity contribution in [1.29, 1.82) is 0 Å². The van der Waals surface area contributed by atoms with E-state index in [0.717, 1.165) is 11.8 Å². The third-order valence-corrected chi connectivity index (χ3v) is 5.61. The zero-order valence-corrected chi connectivity index (χ0v) is 12.8. The lowest BCUT2D eigenvalue weighted by Crippen LogP contribution is -2.66. The maximum atomic E-state index is 3.81. The lowest BCUT2D eigenvalue weighted by molar-refractivity contribution is 0.000633. The molecule has 0 amide bonds. The summed E-state index contributed by atoms with van der Waals surface area (Å²) in [6.07, 6.45) is 6.98. The van der Waals surface area contributed by atoms with Crippen LogP contribution in [0.3, 0.4) is 0 Å². The minimum Gasteiger partial charge on any atom is -0.311 e. The molecular weight excluding hydrogens is 220 g/mol. The molecule has 18 heavy (non-hydrogen) atoms.